The molecule has 1 fully saturated rings. The van der Waals surface area contributed by atoms with E-state index in [4.69, 9.17) is 0 Å². The topological polar surface area (TPSA) is 17.1 Å². The Bertz CT molecular complexity index is 342. The minimum atomic E-state index is 0.279. The predicted octanol–water partition coefficient (Wildman–Crippen LogP) is 4.09. The summed E-state index contributed by atoms with van der Waals surface area (Å²) >= 11 is 0. The summed E-state index contributed by atoms with van der Waals surface area (Å²) in [6, 6.07) is 9.77. The molecule has 1 aliphatic carbocycles. The standard InChI is InChI=1S/C15H20O/c1-2-12-8-6-7-11-14(12)15(16)13-9-4-3-5-10-13/h3-5,9-10,12,14H,2,6-8,11H2,1H3. The fraction of sp³-hybridized carbons (Fsp3) is 0.533. The van der Waals surface area contributed by atoms with E-state index < -0.39 is 0 Å². The maximum Gasteiger partial charge on any atom is 0.166 e. The summed E-state index contributed by atoms with van der Waals surface area (Å²) < 4.78 is 0. The zero-order chi connectivity index (χ0) is 11.4. The van der Waals surface area contributed by atoms with Gasteiger partial charge in [0.15, 0.2) is 5.78 Å². The Morgan fingerprint density at radius 2 is 1.88 bits per heavy atom. The molecular formula is C15H20O. The third kappa shape index (κ3) is 2.34. The summed E-state index contributed by atoms with van der Waals surface area (Å²) in [5.74, 6) is 1.26. The van der Waals surface area contributed by atoms with Crippen LogP contribution in [-0.4, -0.2) is 5.78 Å². The maximum atomic E-state index is 12.4. The molecule has 0 saturated heterocycles. The third-order valence-electron chi connectivity index (χ3n) is 3.83. The summed E-state index contributed by atoms with van der Waals surface area (Å²) in [7, 11) is 0. The average Bonchev–Trinajstić information content (AvgIpc) is 2.39. The van der Waals surface area contributed by atoms with E-state index >= 15 is 0 Å². The van der Waals surface area contributed by atoms with Crippen LogP contribution in [0.4, 0.5) is 0 Å². The first kappa shape index (κ1) is 11.4. The van der Waals surface area contributed by atoms with Gasteiger partial charge in [-0.1, -0.05) is 56.5 Å². The van der Waals surface area contributed by atoms with Crippen LogP contribution < -0.4 is 0 Å². The monoisotopic (exact) mass is 216 g/mol. The molecule has 0 heterocycles. The summed E-state index contributed by atoms with van der Waals surface area (Å²) in [4.78, 5) is 12.4. The molecule has 0 N–H and O–H groups in total. The predicted molar refractivity (Wildman–Crippen MR) is 66.5 cm³/mol. The van der Waals surface area contributed by atoms with Gasteiger partial charge in [0, 0.05) is 11.5 Å². The van der Waals surface area contributed by atoms with E-state index in [9.17, 15) is 4.79 Å². The Balaban J connectivity index is 2.14. The molecule has 0 spiro atoms. The molecule has 0 amide bonds. The summed E-state index contributed by atoms with van der Waals surface area (Å²) in [6.45, 7) is 2.21. The highest BCUT2D eigenvalue weighted by atomic mass is 16.1. The second-order valence-corrected chi connectivity index (χ2v) is 4.79. The summed E-state index contributed by atoms with van der Waals surface area (Å²) in [6.07, 6.45) is 5.99. The number of ketones is 1. The molecule has 2 atom stereocenters. The van der Waals surface area contributed by atoms with Crippen LogP contribution >= 0.6 is 0 Å². The zero-order valence-electron chi connectivity index (χ0n) is 9.99. The van der Waals surface area contributed by atoms with Crippen LogP contribution in [0.1, 0.15) is 49.4 Å². The van der Waals surface area contributed by atoms with Crippen LogP contribution in [0.5, 0.6) is 0 Å². The quantitative estimate of drug-likeness (QED) is 0.696. The molecule has 16 heavy (non-hydrogen) atoms. The molecule has 0 radical (unpaired) electrons. The van der Waals surface area contributed by atoms with Crippen molar-refractivity contribution in [2.24, 2.45) is 11.8 Å². The minimum Gasteiger partial charge on any atom is -0.294 e. The van der Waals surface area contributed by atoms with Gasteiger partial charge >= 0.3 is 0 Å². The highest BCUT2D eigenvalue weighted by molar-refractivity contribution is 5.98. The summed E-state index contributed by atoms with van der Waals surface area (Å²) in [5.41, 5.74) is 0.896. The van der Waals surface area contributed by atoms with E-state index in [-0.39, 0.29) is 5.92 Å². The van der Waals surface area contributed by atoms with Crippen LogP contribution in [-0.2, 0) is 0 Å². The number of carbonyl (C=O) groups is 1. The molecule has 1 aromatic carbocycles. The molecule has 0 bridgehead atoms. The average molecular weight is 216 g/mol. The van der Waals surface area contributed by atoms with Crippen molar-refractivity contribution in [3.05, 3.63) is 35.9 Å². The molecular weight excluding hydrogens is 196 g/mol. The van der Waals surface area contributed by atoms with Crippen LogP contribution in [0.3, 0.4) is 0 Å². The van der Waals surface area contributed by atoms with Gasteiger partial charge in [-0.3, -0.25) is 4.79 Å². The smallest absolute Gasteiger partial charge is 0.166 e. The van der Waals surface area contributed by atoms with Gasteiger partial charge < -0.3 is 0 Å². The van der Waals surface area contributed by atoms with Gasteiger partial charge in [0.2, 0.25) is 0 Å². The molecule has 1 aliphatic rings. The Morgan fingerprint density at radius 1 is 1.19 bits per heavy atom. The fourth-order valence-corrected chi connectivity index (χ4v) is 2.86. The first-order valence-electron chi connectivity index (χ1n) is 6.42. The Morgan fingerprint density at radius 3 is 2.56 bits per heavy atom. The number of benzene rings is 1. The molecule has 1 saturated carbocycles. The van der Waals surface area contributed by atoms with E-state index in [0.29, 0.717) is 11.7 Å². The van der Waals surface area contributed by atoms with Gasteiger partial charge in [0.1, 0.15) is 0 Å². The normalized spacial score (nSPS) is 25.3. The lowest BCUT2D eigenvalue weighted by atomic mass is 9.74. The van der Waals surface area contributed by atoms with Crippen molar-refractivity contribution in [3.63, 3.8) is 0 Å². The second-order valence-electron chi connectivity index (χ2n) is 4.79. The highest BCUT2D eigenvalue weighted by Gasteiger charge is 2.29. The van der Waals surface area contributed by atoms with Crippen molar-refractivity contribution in [2.75, 3.05) is 0 Å². The first-order valence-corrected chi connectivity index (χ1v) is 6.42. The third-order valence-corrected chi connectivity index (χ3v) is 3.83. The van der Waals surface area contributed by atoms with Crippen molar-refractivity contribution in [1.29, 1.82) is 0 Å². The van der Waals surface area contributed by atoms with Gasteiger partial charge in [0.05, 0.1) is 0 Å². The van der Waals surface area contributed by atoms with E-state index in [1.807, 2.05) is 30.3 Å². The number of rotatable bonds is 3. The number of Topliss-reactive ketones (excluding diaryl/α,β-unsaturated/α-hetero) is 1. The molecule has 0 aliphatic heterocycles. The van der Waals surface area contributed by atoms with E-state index in [1.165, 1.54) is 19.3 Å². The van der Waals surface area contributed by atoms with Gasteiger partial charge in [-0.25, -0.2) is 0 Å². The van der Waals surface area contributed by atoms with Crippen molar-refractivity contribution in [3.8, 4) is 0 Å². The SMILES string of the molecule is CCC1CCCCC1C(=O)c1ccccc1. The minimum absolute atomic E-state index is 0.279. The number of hydrogen-bond acceptors (Lipinski definition) is 1. The number of hydrogen-bond donors (Lipinski definition) is 0. The van der Waals surface area contributed by atoms with E-state index in [0.717, 1.165) is 18.4 Å². The van der Waals surface area contributed by atoms with Gasteiger partial charge in [-0.2, -0.15) is 0 Å². The number of carbonyl (C=O) groups excluding carboxylic acids is 1. The lowest BCUT2D eigenvalue weighted by Gasteiger charge is -2.29. The molecule has 1 nitrogen and oxygen atoms in total. The second kappa shape index (κ2) is 5.29. The fourth-order valence-electron chi connectivity index (χ4n) is 2.86. The Kier molecular flexibility index (Phi) is 3.76. The van der Waals surface area contributed by atoms with Crippen LogP contribution in [0.25, 0.3) is 0 Å². The van der Waals surface area contributed by atoms with Crippen molar-refractivity contribution in [1.82, 2.24) is 0 Å². The van der Waals surface area contributed by atoms with Crippen LogP contribution in [0, 0.1) is 11.8 Å². The molecule has 2 rings (SSSR count). The molecule has 86 valence electrons. The maximum absolute atomic E-state index is 12.4. The van der Waals surface area contributed by atoms with Crippen molar-refractivity contribution < 1.29 is 4.79 Å². The summed E-state index contributed by atoms with van der Waals surface area (Å²) in [5, 5.41) is 0. The van der Waals surface area contributed by atoms with Gasteiger partial charge in [0.25, 0.3) is 0 Å². The molecule has 2 unspecified atom stereocenters. The van der Waals surface area contributed by atoms with Gasteiger partial charge in [-0.05, 0) is 18.8 Å². The highest BCUT2D eigenvalue weighted by Crippen LogP contribution is 2.34. The van der Waals surface area contributed by atoms with E-state index in [1.54, 1.807) is 0 Å². The molecule has 1 aromatic rings. The molecule has 0 aromatic heterocycles. The van der Waals surface area contributed by atoms with E-state index in [2.05, 4.69) is 6.92 Å². The molecule has 1 heteroatoms. The Hall–Kier alpha value is -1.11. The lowest BCUT2D eigenvalue weighted by molar-refractivity contribution is 0.0820. The van der Waals surface area contributed by atoms with Crippen LogP contribution in [0.15, 0.2) is 30.3 Å². The first-order chi connectivity index (χ1) is 7.83. The van der Waals surface area contributed by atoms with Crippen molar-refractivity contribution in [2.45, 2.75) is 39.0 Å². The van der Waals surface area contributed by atoms with Crippen molar-refractivity contribution >= 4 is 5.78 Å². The lowest BCUT2D eigenvalue weighted by Crippen LogP contribution is -2.26. The van der Waals surface area contributed by atoms with Gasteiger partial charge in [-0.15, -0.1) is 0 Å². The zero-order valence-corrected chi connectivity index (χ0v) is 9.99. The van der Waals surface area contributed by atoms with Crippen LogP contribution in [0.2, 0.25) is 0 Å². The Labute approximate surface area is 97.9 Å². The largest absolute Gasteiger partial charge is 0.294 e.